The molecule has 0 saturated carbocycles. The van der Waals surface area contributed by atoms with Crippen LogP contribution < -0.4 is 10.6 Å². The number of urea groups is 1. The summed E-state index contributed by atoms with van der Waals surface area (Å²) >= 11 is 0. The lowest BCUT2D eigenvalue weighted by molar-refractivity contribution is 0.0940. The SMILES string of the molecule is CCc1noc(CC)c1CNC(=O)Nc1cnn(C[C@H]2CCCO2)c1. The molecule has 2 aromatic rings. The van der Waals surface area contributed by atoms with Gasteiger partial charge in [0.05, 0.1) is 30.2 Å². The molecule has 0 spiro atoms. The van der Waals surface area contributed by atoms with Gasteiger partial charge in [-0.1, -0.05) is 19.0 Å². The topological polar surface area (TPSA) is 94.2 Å². The number of carbonyl (C=O) groups excluding carboxylic acids is 1. The second-order valence-electron chi connectivity index (χ2n) is 6.13. The molecule has 1 aliphatic rings. The van der Waals surface area contributed by atoms with Gasteiger partial charge in [0.15, 0.2) is 0 Å². The lowest BCUT2D eigenvalue weighted by atomic mass is 10.1. The third-order valence-electron chi connectivity index (χ3n) is 4.34. The molecule has 0 aliphatic carbocycles. The minimum absolute atomic E-state index is 0.218. The molecule has 2 aromatic heterocycles. The molecular weight excluding hydrogens is 322 g/mol. The molecular formula is C17H25N5O3. The van der Waals surface area contributed by atoms with Crippen LogP contribution >= 0.6 is 0 Å². The highest BCUT2D eigenvalue weighted by Gasteiger charge is 2.17. The van der Waals surface area contributed by atoms with Crippen LogP contribution in [0.4, 0.5) is 10.5 Å². The molecule has 2 amide bonds. The van der Waals surface area contributed by atoms with Crippen molar-refractivity contribution in [2.75, 3.05) is 11.9 Å². The van der Waals surface area contributed by atoms with Gasteiger partial charge in [-0.05, 0) is 19.3 Å². The van der Waals surface area contributed by atoms with Gasteiger partial charge in [-0.3, -0.25) is 4.68 Å². The number of hydrogen-bond acceptors (Lipinski definition) is 5. The molecule has 0 unspecified atom stereocenters. The van der Waals surface area contributed by atoms with Crippen LogP contribution in [0.15, 0.2) is 16.9 Å². The summed E-state index contributed by atoms with van der Waals surface area (Å²) in [6.07, 6.45) is 7.36. The van der Waals surface area contributed by atoms with Crippen LogP contribution in [-0.4, -0.2) is 33.7 Å². The van der Waals surface area contributed by atoms with E-state index >= 15 is 0 Å². The molecule has 8 nitrogen and oxygen atoms in total. The number of rotatable bonds is 7. The summed E-state index contributed by atoms with van der Waals surface area (Å²) in [5.41, 5.74) is 2.52. The predicted octanol–water partition coefficient (Wildman–Crippen LogP) is 2.50. The van der Waals surface area contributed by atoms with Crippen LogP contribution in [0.5, 0.6) is 0 Å². The first kappa shape index (κ1) is 17.5. The van der Waals surface area contributed by atoms with E-state index in [0.717, 1.165) is 49.3 Å². The van der Waals surface area contributed by atoms with Crippen LogP contribution in [0.1, 0.15) is 43.7 Å². The van der Waals surface area contributed by atoms with Crippen molar-refractivity contribution in [2.24, 2.45) is 0 Å². The molecule has 1 fully saturated rings. The normalized spacial score (nSPS) is 17.0. The Morgan fingerprint density at radius 3 is 3.00 bits per heavy atom. The minimum atomic E-state index is -0.276. The smallest absolute Gasteiger partial charge is 0.319 e. The summed E-state index contributed by atoms with van der Waals surface area (Å²) in [4.78, 5) is 12.1. The summed E-state index contributed by atoms with van der Waals surface area (Å²) in [7, 11) is 0. The minimum Gasteiger partial charge on any atom is -0.376 e. The monoisotopic (exact) mass is 347 g/mol. The predicted molar refractivity (Wildman–Crippen MR) is 92.3 cm³/mol. The number of carbonyl (C=O) groups is 1. The molecule has 1 saturated heterocycles. The first-order valence-electron chi connectivity index (χ1n) is 8.84. The van der Waals surface area contributed by atoms with Gasteiger partial charge in [-0.25, -0.2) is 4.79 Å². The van der Waals surface area contributed by atoms with Crippen molar-refractivity contribution in [1.82, 2.24) is 20.3 Å². The molecule has 136 valence electrons. The van der Waals surface area contributed by atoms with E-state index in [9.17, 15) is 4.79 Å². The van der Waals surface area contributed by atoms with Gasteiger partial charge in [0.25, 0.3) is 0 Å². The van der Waals surface area contributed by atoms with Crippen molar-refractivity contribution >= 4 is 11.7 Å². The number of nitrogens with one attached hydrogen (secondary N) is 2. The second kappa shape index (κ2) is 8.15. The lowest BCUT2D eigenvalue weighted by Crippen LogP contribution is -2.28. The Labute approximate surface area is 146 Å². The van der Waals surface area contributed by atoms with Gasteiger partial charge in [0, 0.05) is 31.3 Å². The van der Waals surface area contributed by atoms with E-state index in [1.807, 2.05) is 20.0 Å². The van der Waals surface area contributed by atoms with E-state index in [-0.39, 0.29) is 12.1 Å². The number of anilines is 1. The summed E-state index contributed by atoms with van der Waals surface area (Å²) < 4.78 is 12.7. The molecule has 8 heteroatoms. The number of hydrogen-bond donors (Lipinski definition) is 2. The van der Waals surface area contributed by atoms with Gasteiger partial charge in [-0.15, -0.1) is 0 Å². The van der Waals surface area contributed by atoms with E-state index in [0.29, 0.717) is 18.8 Å². The summed E-state index contributed by atoms with van der Waals surface area (Å²) in [6.45, 7) is 5.95. The summed E-state index contributed by atoms with van der Waals surface area (Å²) in [5, 5.41) is 14.0. The molecule has 2 N–H and O–H groups in total. The highest BCUT2D eigenvalue weighted by Crippen LogP contribution is 2.16. The number of aryl methyl sites for hydroxylation is 2. The van der Waals surface area contributed by atoms with Crippen molar-refractivity contribution < 1.29 is 14.1 Å². The molecule has 3 rings (SSSR count). The van der Waals surface area contributed by atoms with Crippen LogP contribution in [-0.2, 0) is 30.7 Å². The zero-order valence-corrected chi connectivity index (χ0v) is 14.7. The van der Waals surface area contributed by atoms with Crippen LogP contribution in [0, 0.1) is 0 Å². The summed E-state index contributed by atoms with van der Waals surface area (Å²) in [5.74, 6) is 0.821. The fourth-order valence-electron chi connectivity index (χ4n) is 3.01. The zero-order valence-electron chi connectivity index (χ0n) is 14.7. The number of aromatic nitrogens is 3. The molecule has 1 aliphatic heterocycles. The average molecular weight is 347 g/mol. The van der Waals surface area contributed by atoms with Crippen LogP contribution in [0.25, 0.3) is 0 Å². The molecule has 0 radical (unpaired) electrons. The van der Waals surface area contributed by atoms with Gasteiger partial charge in [-0.2, -0.15) is 5.10 Å². The largest absolute Gasteiger partial charge is 0.376 e. The fourth-order valence-corrected chi connectivity index (χ4v) is 3.01. The maximum atomic E-state index is 12.1. The maximum absolute atomic E-state index is 12.1. The molecule has 25 heavy (non-hydrogen) atoms. The first-order valence-corrected chi connectivity index (χ1v) is 8.84. The van der Waals surface area contributed by atoms with Crippen LogP contribution in [0.3, 0.4) is 0 Å². The first-order chi connectivity index (χ1) is 12.2. The second-order valence-corrected chi connectivity index (χ2v) is 6.13. The van der Waals surface area contributed by atoms with Gasteiger partial charge in [0.1, 0.15) is 5.76 Å². The summed E-state index contributed by atoms with van der Waals surface area (Å²) in [6, 6.07) is -0.276. The van der Waals surface area contributed by atoms with E-state index in [1.165, 1.54) is 0 Å². The maximum Gasteiger partial charge on any atom is 0.319 e. The van der Waals surface area contributed by atoms with Gasteiger partial charge in [0.2, 0.25) is 0 Å². The number of nitrogens with zero attached hydrogens (tertiary/aromatic N) is 3. The Balaban J connectivity index is 1.51. The Hall–Kier alpha value is -2.35. The van der Waals surface area contributed by atoms with Crippen molar-refractivity contribution in [2.45, 2.75) is 58.7 Å². The average Bonchev–Trinajstić information content (AvgIpc) is 3.34. The van der Waals surface area contributed by atoms with Crippen LogP contribution in [0.2, 0.25) is 0 Å². The highest BCUT2D eigenvalue weighted by molar-refractivity contribution is 5.88. The van der Waals surface area contributed by atoms with Gasteiger partial charge >= 0.3 is 6.03 Å². The Morgan fingerprint density at radius 2 is 2.28 bits per heavy atom. The van der Waals surface area contributed by atoms with Crippen molar-refractivity contribution in [1.29, 1.82) is 0 Å². The van der Waals surface area contributed by atoms with Crippen molar-refractivity contribution in [3.8, 4) is 0 Å². The van der Waals surface area contributed by atoms with E-state index in [1.54, 1.807) is 10.9 Å². The van der Waals surface area contributed by atoms with Crippen molar-refractivity contribution in [3.05, 3.63) is 29.4 Å². The van der Waals surface area contributed by atoms with Crippen molar-refractivity contribution in [3.63, 3.8) is 0 Å². The molecule has 1 atom stereocenters. The standard InChI is InChI=1S/C17H25N5O3/c1-3-15-14(16(4-2)25-21-15)9-18-17(23)20-12-8-19-22(10-12)11-13-6-5-7-24-13/h8,10,13H,3-7,9,11H2,1-2H3,(H2,18,20,23)/t13-/m1/s1. The lowest BCUT2D eigenvalue weighted by Gasteiger charge is -2.08. The van der Waals surface area contributed by atoms with E-state index in [2.05, 4.69) is 20.9 Å². The van der Waals surface area contributed by atoms with Gasteiger partial charge < -0.3 is 19.9 Å². The third kappa shape index (κ3) is 4.39. The Kier molecular flexibility index (Phi) is 5.70. The number of amides is 2. The van der Waals surface area contributed by atoms with E-state index in [4.69, 9.17) is 9.26 Å². The zero-order chi connectivity index (χ0) is 17.6. The fraction of sp³-hybridized carbons (Fsp3) is 0.588. The Morgan fingerprint density at radius 1 is 1.40 bits per heavy atom. The molecule has 0 aromatic carbocycles. The molecule has 0 bridgehead atoms. The molecule has 3 heterocycles. The third-order valence-corrected chi connectivity index (χ3v) is 4.34. The van der Waals surface area contributed by atoms with E-state index < -0.39 is 0 Å². The number of ether oxygens (including phenoxy) is 1. The Bertz CT molecular complexity index is 681. The quantitative estimate of drug-likeness (QED) is 0.802. The highest BCUT2D eigenvalue weighted by atomic mass is 16.5.